The smallest absolute Gasteiger partial charge is 0.254 e. The number of amides is 1. The van der Waals surface area contributed by atoms with Gasteiger partial charge in [0.1, 0.15) is 11.0 Å². The summed E-state index contributed by atoms with van der Waals surface area (Å²) < 4.78 is 11.3. The van der Waals surface area contributed by atoms with Gasteiger partial charge in [-0.15, -0.1) is 0 Å². The fraction of sp³-hybridized carbons (Fsp3) is 0.500. The van der Waals surface area contributed by atoms with Crippen LogP contribution in [-0.2, 0) is 10.8 Å². The van der Waals surface area contributed by atoms with Crippen molar-refractivity contribution in [1.82, 2.24) is 9.88 Å². The van der Waals surface area contributed by atoms with Crippen molar-refractivity contribution in [2.75, 3.05) is 36.5 Å². The normalized spacial score (nSPS) is 16.4. The predicted octanol–water partition coefficient (Wildman–Crippen LogP) is 1.37. The molecule has 1 aromatic heterocycles. The fourth-order valence-electron chi connectivity index (χ4n) is 1.92. The molecule has 0 radical (unpaired) electrons. The molecule has 104 valence electrons. The van der Waals surface area contributed by atoms with Gasteiger partial charge in [-0.25, -0.2) is 4.98 Å². The summed E-state index contributed by atoms with van der Waals surface area (Å²) in [4.78, 5) is 18.1. The van der Waals surface area contributed by atoms with Gasteiger partial charge in [0.05, 0.1) is 0 Å². The fourth-order valence-corrected chi connectivity index (χ4v) is 3.18. The molecule has 0 saturated carbocycles. The Morgan fingerprint density at radius 3 is 2.79 bits per heavy atom. The molecule has 0 spiro atoms. The number of nitrogens with zero attached hydrogens (tertiary/aromatic N) is 2. The summed E-state index contributed by atoms with van der Waals surface area (Å²) in [6, 6.07) is 3.26. The first-order valence-corrected chi connectivity index (χ1v) is 8.02. The van der Waals surface area contributed by atoms with E-state index in [1.54, 1.807) is 17.0 Å². The lowest BCUT2D eigenvalue weighted by molar-refractivity contribution is 0.0771. The van der Waals surface area contributed by atoms with E-state index < -0.39 is 10.8 Å². The molecule has 0 atom stereocenters. The Balaban J connectivity index is 2.16. The van der Waals surface area contributed by atoms with Crippen LogP contribution in [0, 0.1) is 0 Å². The van der Waals surface area contributed by atoms with Crippen molar-refractivity contribution in [3.63, 3.8) is 0 Å². The van der Waals surface area contributed by atoms with Crippen molar-refractivity contribution >= 4 is 34.1 Å². The summed E-state index contributed by atoms with van der Waals surface area (Å²) in [6.45, 7) is 3.72. The van der Waals surface area contributed by atoms with Crippen LogP contribution in [-0.4, -0.2) is 51.1 Å². The lowest BCUT2D eigenvalue weighted by atomic mass is 10.2. The molecule has 1 aromatic rings. The second kappa shape index (κ2) is 6.34. The van der Waals surface area contributed by atoms with Gasteiger partial charge in [0.2, 0.25) is 0 Å². The van der Waals surface area contributed by atoms with E-state index in [1.165, 1.54) is 0 Å². The first-order chi connectivity index (χ1) is 9.10. The molecule has 7 heteroatoms. The molecule has 1 N–H and O–H groups in total. The largest absolute Gasteiger partial charge is 0.370 e. The quantitative estimate of drug-likeness (QED) is 0.857. The molecular formula is C12H16ClN3O2S. The first-order valence-electron chi connectivity index (χ1n) is 6.16. The van der Waals surface area contributed by atoms with E-state index in [1.807, 2.05) is 6.92 Å². The van der Waals surface area contributed by atoms with Crippen LogP contribution >= 0.6 is 11.6 Å². The van der Waals surface area contributed by atoms with Gasteiger partial charge in [-0.05, 0) is 19.1 Å². The van der Waals surface area contributed by atoms with E-state index in [-0.39, 0.29) is 5.91 Å². The molecule has 0 bridgehead atoms. The Kier molecular flexibility index (Phi) is 4.76. The molecule has 1 saturated heterocycles. The summed E-state index contributed by atoms with van der Waals surface area (Å²) >= 11 is 5.92. The van der Waals surface area contributed by atoms with Gasteiger partial charge in [0.25, 0.3) is 5.91 Å². The average Bonchev–Trinajstić information content (AvgIpc) is 2.38. The third-order valence-corrected chi connectivity index (χ3v) is 4.33. The van der Waals surface area contributed by atoms with Crippen LogP contribution in [0.3, 0.4) is 0 Å². The summed E-state index contributed by atoms with van der Waals surface area (Å²) in [6.07, 6.45) is 0. The van der Waals surface area contributed by atoms with Crippen LogP contribution in [0.2, 0.25) is 5.15 Å². The van der Waals surface area contributed by atoms with Gasteiger partial charge < -0.3 is 10.2 Å². The van der Waals surface area contributed by atoms with Crippen LogP contribution in [0.1, 0.15) is 17.3 Å². The maximum absolute atomic E-state index is 12.3. The van der Waals surface area contributed by atoms with Gasteiger partial charge in [-0.2, -0.15) is 0 Å². The molecule has 1 aliphatic rings. The second-order valence-corrected chi connectivity index (χ2v) is 6.32. The molecule has 0 aromatic carbocycles. The van der Waals surface area contributed by atoms with Gasteiger partial charge in [-0.3, -0.25) is 9.00 Å². The van der Waals surface area contributed by atoms with Crippen LogP contribution < -0.4 is 5.32 Å². The Labute approximate surface area is 119 Å². The first kappa shape index (κ1) is 14.3. The maximum Gasteiger partial charge on any atom is 0.254 e. The van der Waals surface area contributed by atoms with Crippen molar-refractivity contribution in [2.24, 2.45) is 0 Å². The molecule has 1 fully saturated rings. The Bertz CT molecular complexity index is 500. The number of hydrogen-bond acceptors (Lipinski definition) is 4. The minimum atomic E-state index is -0.790. The van der Waals surface area contributed by atoms with Crippen LogP contribution in [0.4, 0.5) is 5.82 Å². The standard InChI is InChI=1S/C12H16ClN3O2S/c1-2-14-11-8-9(7-10(13)15-11)12(17)16-3-5-19(18)6-4-16/h7-8H,2-6H2,1H3,(H,14,15). The van der Waals surface area contributed by atoms with E-state index in [2.05, 4.69) is 10.3 Å². The average molecular weight is 302 g/mol. The summed E-state index contributed by atoms with van der Waals surface area (Å²) in [7, 11) is -0.790. The topological polar surface area (TPSA) is 62.3 Å². The van der Waals surface area contributed by atoms with Crippen molar-refractivity contribution in [3.05, 3.63) is 22.8 Å². The summed E-state index contributed by atoms with van der Waals surface area (Å²) in [5, 5.41) is 3.33. The van der Waals surface area contributed by atoms with Gasteiger partial charge >= 0.3 is 0 Å². The number of nitrogens with one attached hydrogen (secondary N) is 1. The number of carbonyl (C=O) groups excluding carboxylic acids is 1. The van der Waals surface area contributed by atoms with Crippen LogP contribution in [0.15, 0.2) is 12.1 Å². The number of hydrogen-bond donors (Lipinski definition) is 1. The highest BCUT2D eigenvalue weighted by Gasteiger charge is 2.22. The zero-order valence-corrected chi connectivity index (χ0v) is 12.3. The van der Waals surface area contributed by atoms with E-state index in [4.69, 9.17) is 11.6 Å². The van der Waals surface area contributed by atoms with E-state index in [0.717, 1.165) is 0 Å². The Hall–Kier alpha value is -1.14. The molecule has 2 heterocycles. The highest BCUT2D eigenvalue weighted by molar-refractivity contribution is 7.85. The molecule has 0 aliphatic carbocycles. The minimum Gasteiger partial charge on any atom is -0.370 e. The molecule has 1 amide bonds. The van der Waals surface area contributed by atoms with E-state index in [9.17, 15) is 9.00 Å². The van der Waals surface area contributed by atoms with E-state index >= 15 is 0 Å². The Morgan fingerprint density at radius 2 is 2.16 bits per heavy atom. The lowest BCUT2D eigenvalue weighted by Crippen LogP contribution is -2.41. The van der Waals surface area contributed by atoms with E-state index in [0.29, 0.717) is 47.7 Å². The molecule has 2 rings (SSSR count). The predicted molar refractivity (Wildman–Crippen MR) is 77.2 cm³/mol. The SMILES string of the molecule is CCNc1cc(C(=O)N2CCS(=O)CC2)cc(Cl)n1. The van der Waals surface area contributed by atoms with Crippen molar-refractivity contribution in [2.45, 2.75) is 6.92 Å². The van der Waals surface area contributed by atoms with Gasteiger partial charge in [0, 0.05) is 47.5 Å². The second-order valence-electron chi connectivity index (χ2n) is 4.23. The number of rotatable bonds is 3. The number of halogens is 1. The third-order valence-electron chi connectivity index (χ3n) is 2.86. The number of aromatic nitrogens is 1. The monoisotopic (exact) mass is 301 g/mol. The van der Waals surface area contributed by atoms with Crippen LogP contribution in [0.25, 0.3) is 0 Å². The van der Waals surface area contributed by atoms with Crippen molar-refractivity contribution < 1.29 is 9.00 Å². The number of pyridine rings is 1. The number of carbonyl (C=O) groups is 1. The molecule has 5 nitrogen and oxygen atoms in total. The summed E-state index contributed by atoms with van der Waals surface area (Å²) in [5.74, 6) is 1.61. The lowest BCUT2D eigenvalue weighted by Gasteiger charge is -2.26. The maximum atomic E-state index is 12.3. The zero-order valence-electron chi connectivity index (χ0n) is 10.7. The van der Waals surface area contributed by atoms with Gasteiger partial charge in [0.15, 0.2) is 0 Å². The minimum absolute atomic E-state index is 0.0832. The third kappa shape index (κ3) is 3.67. The molecule has 1 aliphatic heterocycles. The molecule has 0 unspecified atom stereocenters. The van der Waals surface area contributed by atoms with Crippen molar-refractivity contribution in [3.8, 4) is 0 Å². The van der Waals surface area contributed by atoms with Gasteiger partial charge in [-0.1, -0.05) is 11.6 Å². The Morgan fingerprint density at radius 1 is 1.47 bits per heavy atom. The van der Waals surface area contributed by atoms with Crippen molar-refractivity contribution in [1.29, 1.82) is 0 Å². The highest BCUT2D eigenvalue weighted by Crippen LogP contribution is 2.17. The highest BCUT2D eigenvalue weighted by atomic mass is 35.5. The zero-order chi connectivity index (χ0) is 13.8. The molecule has 19 heavy (non-hydrogen) atoms. The molecular weight excluding hydrogens is 286 g/mol. The summed E-state index contributed by atoms with van der Waals surface area (Å²) in [5.41, 5.74) is 0.517. The number of anilines is 1. The van der Waals surface area contributed by atoms with Crippen LogP contribution in [0.5, 0.6) is 0 Å².